The van der Waals surface area contributed by atoms with E-state index in [2.05, 4.69) is 20.2 Å². The molecule has 0 radical (unpaired) electrons. The third-order valence-corrected chi connectivity index (χ3v) is 12.7. The number of hydrogen-bond acceptors (Lipinski definition) is 7. The average molecular weight is 893 g/mol. The minimum atomic E-state index is -4.01. The fourth-order valence-electron chi connectivity index (χ4n) is 7.43. The molecule has 0 aliphatic heterocycles. The number of hydrogen-bond donors (Lipinski definition) is 2. The molecule has 8 rings (SSSR count). The van der Waals surface area contributed by atoms with Gasteiger partial charge in [0.1, 0.15) is 36.4 Å². The summed E-state index contributed by atoms with van der Waals surface area (Å²) in [7, 11) is -4.01. The first-order valence-corrected chi connectivity index (χ1v) is 21.5. The molecule has 1 saturated carbocycles. The maximum Gasteiger partial charge on any atom is 0.266 e. The van der Waals surface area contributed by atoms with Gasteiger partial charge in [-0.1, -0.05) is 49.7 Å². The van der Waals surface area contributed by atoms with Crippen LogP contribution in [-0.2, 0) is 34.3 Å². The van der Waals surface area contributed by atoms with E-state index < -0.39 is 63.2 Å². The first-order chi connectivity index (χ1) is 29.5. The molecule has 0 unspecified atom stereocenters. The number of alkyl halides is 2. The number of rotatable bonds is 14. The van der Waals surface area contributed by atoms with Crippen molar-refractivity contribution < 1.29 is 35.2 Å². The van der Waals surface area contributed by atoms with E-state index in [1.165, 1.54) is 53.2 Å². The van der Waals surface area contributed by atoms with Crippen LogP contribution in [0.3, 0.4) is 0 Å². The second kappa shape index (κ2) is 16.6. The summed E-state index contributed by atoms with van der Waals surface area (Å²) in [4.78, 5) is 34.1. The number of nitrogens with zero attached hydrogens (tertiary/aromatic N) is 6. The topological polar surface area (TPSA) is 146 Å². The van der Waals surface area contributed by atoms with Gasteiger partial charge >= 0.3 is 0 Å². The molecular weight excluding hydrogens is 855 g/mol. The number of anilines is 1. The molecular formula is C43H38ClF5N8O4S. The third-order valence-electron chi connectivity index (χ3n) is 10.5. The summed E-state index contributed by atoms with van der Waals surface area (Å²) < 4.78 is 105. The van der Waals surface area contributed by atoms with Crippen LogP contribution in [0.4, 0.5) is 27.8 Å². The summed E-state index contributed by atoms with van der Waals surface area (Å²) in [5.74, 6) is -3.60. The fourth-order valence-corrected chi connectivity index (χ4v) is 9.01. The molecule has 2 N–H and O–H groups in total. The highest BCUT2D eigenvalue weighted by Gasteiger charge is 2.37. The monoisotopic (exact) mass is 892 g/mol. The van der Waals surface area contributed by atoms with Crippen molar-refractivity contribution in [2.75, 3.05) is 4.72 Å². The Balaban J connectivity index is 1.39. The van der Waals surface area contributed by atoms with Gasteiger partial charge in [0.05, 0.1) is 49.5 Å². The number of benzene rings is 4. The van der Waals surface area contributed by atoms with Gasteiger partial charge in [-0.05, 0) is 85.3 Å². The van der Waals surface area contributed by atoms with Gasteiger partial charge in [-0.15, -0.1) is 0 Å². The number of amides is 1. The highest BCUT2D eigenvalue weighted by Crippen LogP contribution is 2.38. The molecule has 0 saturated heterocycles. The molecule has 1 aliphatic rings. The normalized spacial score (nSPS) is 13.7. The van der Waals surface area contributed by atoms with Crippen LogP contribution in [0.25, 0.3) is 38.6 Å². The Labute approximate surface area is 356 Å². The Morgan fingerprint density at radius 1 is 0.935 bits per heavy atom. The summed E-state index contributed by atoms with van der Waals surface area (Å²) in [5, 5.41) is 10.7. The molecule has 0 spiro atoms. The number of halogens is 6. The highest BCUT2D eigenvalue weighted by molar-refractivity contribution is 7.93. The lowest BCUT2D eigenvalue weighted by Crippen LogP contribution is -2.37. The summed E-state index contributed by atoms with van der Waals surface area (Å²) >= 11 is 6.69. The number of sulfonamides is 1. The van der Waals surface area contributed by atoms with E-state index in [1.54, 1.807) is 13.0 Å². The molecule has 1 aliphatic carbocycles. The van der Waals surface area contributed by atoms with E-state index in [1.807, 2.05) is 19.9 Å². The van der Waals surface area contributed by atoms with Crippen molar-refractivity contribution in [1.29, 1.82) is 0 Å². The minimum Gasteiger partial charge on any atom is -0.344 e. The van der Waals surface area contributed by atoms with Crippen molar-refractivity contribution in [1.82, 2.24) is 34.4 Å². The van der Waals surface area contributed by atoms with Crippen molar-refractivity contribution in [3.63, 3.8) is 0 Å². The smallest absolute Gasteiger partial charge is 0.266 e. The molecule has 19 heteroatoms. The van der Waals surface area contributed by atoms with Gasteiger partial charge in [-0.25, -0.2) is 35.4 Å². The third kappa shape index (κ3) is 8.53. The zero-order valence-electron chi connectivity index (χ0n) is 33.3. The maximum absolute atomic E-state index is 15.1. The van der Waals surface area contributed by atoms with E-state index in [0.717, 1.165) is 27.1 Å². The first-order valence-electron chi connectivity index (χ1n) is 19.6. The fraction of sp³-hybridized carbons (Fsp3) is 0.279. The molecule has 62 heavy (non-hydrogen) atoms. The Hall–Kier alpha value is -6.14. The largest absolute Gasteiger partial charge is 0.344 e. The summed E-state index contributed by atoms with van der Waals surface area (Å²) in [6.07, 6.45) is -2.62. The quantitative estimate of drug-likeness (QED) is 0.104. The summed E-state index contributed by atoms with van der Waals surface area (Å²) in [5.41, 5.74) is 0.867. The second-order valence-corrected chi connectivity index (χ2v) is 17.9. The Morgan fingerprint density at radius 3 is 2.32 bits per heavy atom. The Kier molecular flexibility index (Phi) is 11.4. The van der Waals surface area contributed by atoms with Gasteiger partial charge in [0, 0.05) is 23.7 Å². The number of aryl methyl sites for hydroxylation is 1. The molecule has 12 nitrogen and oxygen atoms in total. The molecule has 4 aromatic carbocycles. The molecule has 1 amide bonds. The van der Waals surface area contributed by atoms with Crippen molar-refractivity contribution in [3.05, 3.63) is 134 Å². The lowest BCUT2D eigenvalue weighted by Gasteiger charge is -2.24. The van der Waals surface area contributed by atoms with E-state index >= 15 is 9.18 Å². The van der Waals surface area contributed by atoms with Crippen LogP contribution < -0.4 is 15.6 Å². The maximum atomic E-state index is 15.1. The average Bonchev–Trinajstić information content (AvgIpc) is 3.93. The zero-order valence-corrected chi connectivity index (χ0v) is 34.9. The van der Waals surface area contributed by atoms with Gasteiger partial charge in [0.25, 0.3) is 12.0 Å². The number of carbonyl (C=O) groups is 1. The lowest BCUT2D eigenvalue weighted by atomic mass is 10.0. The van der Waals surface area contributed by atoms with E-state index in [-0.39, 0.29) is 74.2 Å². The van der Waals surface area contributed by atoms with Crippen LogP contribution in [0.5, 0.6) is 0 Å². The molecule has 1 atom stereocenters. The van der Waals surface area contributed by atoms with Crippen molar-refractivity contribution in [2.24, 2.45) is 0 Å². The van der Waals surface area contributed by atoms with Gasteiger partial charge in [-0.2, -0.15) is 10.2 Å². The summed E-state index contributed by atoms with van der Waals surface area (Å²) in [6.45, 7) is 4.26. The van der Waals surface area contributed by atoms with Crippen LogP contribution in [0.15, 0.2) is 83.7 Å². The van der Waals surface area contributed by atoms with Gasteiger partial charge in [0.2, 0.25) is 15.9 Å². The molecule has 322 valence electrons. The predicted octanol–water partition coefficient (Wildman–Crippen LogP) is 8.37. The standard InChI is InChI=1S/C43H38ClF5N8O4S/c1-22(2)33-14-23(3)55(52-33)21-38(58)50-35(17-24-15-26(45)19-27(46)16-24)42-51-34-18-25(29-6-4-5-7-32(29)47)8-11-30(34)43(59)57(42)36-13-12-31(44)39-40(36)56(20-37(48)49)53-41(39)54-62(60,61)28-9-10-28/h4-8,11-16,18-19,22,28,35,37H,9-10,17,20-21H2,1-3H3,(H,50,58)(H,53,54)/t35-/m0/s1. The Morgan fingerprint density at radius 2 is 1.66 bits per heavy atom. The second-order valence-electron chi connectivity index (χ2n) is 15.5. The number of nitrogens with one attached hydrogen (secondary N) is 2. The molecule has 0 bridgehead atoms. The van der Waals surface area contributed by atoms with Gasteiger partial charge in [0.15, 0.2) is 5.82 Å². The van der Waals surface area contributed by atoms with Crippen molar-refractivity contribution in [3.8, 4) is 16.8 Å². The van der Waals surface area contributed by atoms with E-state index in [0.29, 0.717) is 30.2 Å². The van der Waals surface area contributed by atoms with E-state index in [9.17, 15) is 30.8 Å². The zero-order chi connectivity index (χ0) is 44.2. The molecule has 3 aromatic heterocycles. The number of carbonyl (C=O) groups excluding carboxylic acids is 1. The van der Waals surface area contributed by atoms with Gasteiger partial charge in [-0.3, -0.25) is 28.2 Å². The summed E-state index contributed by atoms with van der Waals surface area (Å²) in [6, 6.07) is 16.2. The first kappa shape index (κ1) is 42.5. The van der Waals surface area contributed by atoms with Gasteiger partial charge < -0.3 is 5.32 Å². The minimum absolute atomic E-state index is 0.0261. The van der Waals surface area contributed by atoms with Crippen LogP contribution in [0.2, 0.25) is 5.02 Å². The van der Waals surface area contributed by atoms with Crippen LogP contribution in [0.1, 0.15) is 61.4 Å². The number of aromatic nitrogens is 6. The van der Waals surface area contributed by atoms with Crippen LogP contribution >= 0.6 is 11.6 Å². The molecule has 7 aromatic rings. The van der Waals surface area contributed by atoms with Crippen LogP contribution in [-0.4, -0.2) is 55.1 Å². The predicted molar refractivity (Wildman–Crippen MR) is 225 cm³/mol. The van der Waals surface area contributed by atoms with Crippen LogP contribution in [0, 0.1) is 24.4 Å². The number of fused-ring (bicyclic) bond motifs is 2. The van der Waals surface area contributed by atoms with Crippen molar-refractivity contribution in [2.45, 2.75) is 76.8 Å². The molecule has 3 heterocycles. The highest BCUT2D eigenvalue weighted by atomic mass is 35.5. The molecule has 1 fully saturated rings. The van der Waals surface area contributed by atoms with Crippen molar-refractivity contribution >= 4 is 55.2 Å². The van der Waals surface area contributed by atoms with E-state index in [4.69, 9.17) is 16.6 Å². The lowest BCUT2D eigenvalue weighted by molar-refractivity contribution is -0.122. The SMILES string of the molecule is Cc1cc(C(C)C)nn1CC(=O)N[C@@H](Cc1cc(F)cc(F)c1)c1nc2cc(-c3ccccc3F)ccc2c(=O)n1-c1ccc(Cl)c2c(NS(=O)(=O)C3CC3)nn(CC(F)F)c12. The Bertz CT molecular complexity index is 3060.